The fourth-order valence-electron chi connectivity index (χ4n) is 5.35. The fourth-order valence-corrected chi connectivity index (χ4v) is 5.35. The van der Waals surface area contributed by atoms with Crippen molar-refractivity contribution in [3.8, 4) is 16.9 Å². The molecule has 3 aromatic rings. The van der Waals surface area contributed by atoms with Crippen molar-refractivity contribution in [3.05, 3.63) is 89.5 Å². The monoisotopic (exact) mass is 556 g/mol. The van der Waals surface area contributed by atoms with Crippen LogP contribution in [0.25, 0.3) is 11.1 Å². The Balaban J connectivity index is 1.40. The SMILES string of the molecule is COC(=O)C(C)(C)Oc1ccc(CCCC2CN(Cc3ccc(C(C)(C)C)cc3)C(=O)N2C)cc1-c1ccccc1. The molecular formula is C35H44N2O4. The van der Waals surface area contributed by atoms with Crippen LogP contribution in [0.15, 0.2) is 72.8 Å². The Hall–Kier alpha value is -3.80. The van der Waals surface area contributed by atoms with Crippen LogP contribution in [0.3, 0.4) is 0 Å². The number of urea groups is 1. The number of carbonyl (C=O) groups excluding carboxylic acids is 2. The van der Waals surface area contributed by atoms with Crippen LogP contribution in [0.1, 0.15) is 64.2 Å². The van der Waals surface area contributed by atoms with Crippen LogP contribution in [0.2, 0.25) is 0 Å². The molecule has 1 heterocycles. The van der Waals surface area contributed by atoms with Crippen molar-refractivity contribution in [2.75, 3.05) is 20.7 Å². The summed E-state index contributed by atoms with van der Waals surface area (Å²) >= 11 is 0. The number of rotatable bonds is 10. The van der Waals surface area contributed by atoms with Crippen LogP contribution in [0, 0.1) is 0 Å². The first kappa shape index (κ1) is 30.2. The molecular weight excluding hydrogens is 512 g/mol. The van der Waals surface area contributed by atoms with Gasteiger partial charge in [-0.05, 0) is 72.9 Å². The molecule has 1 atom stereocenters. The molecule has 41 heavy (non-hydrogen) atoms. The zero-order valence-corrected chi connectivity index (χ0v) is 25.6. The Morgan fingerprint density at radius 3 is 2.22 bits per heavy atom. The minimum Gasteiger partial charge on any atom is -0.476 e. The molecule has 1 aliphatic heterocycles. The topological polar surface area (TPSA) is 59.1 Å². The molecule has 0 saturated carbocycles. The Morgan fingerprint density at radius 1 is 0.927 bits per heavy atom. The normalized spacial score (nSPS) is 15.8. The first-order valence-electron chi connectivity index (χ1n) is 14.5. The molecule has 0 spiro atoms. The second kappa shape index (κ2) is 12.4. The fraction of sp³-hybridized carbons (Fsp3) is 0.429. The first-order valence-corrected chi connectivity index (χ1v) is 14.5. The number of aryl methyl sites for hydroxylation is 1. The van der Waals surface area contributed by atoms with Gasteiger partial charge in [-0.3, -0.25) is 0 Å². The van der Waals surface area contributed by atoms with Gasteiger partial charge in [0.1, 0.15) is 5.75 Å². The van der Waals surface area contributed by atoms with Crippen LogP contribution in [-0.4, -0.2) is 54.1 Å². The standard InChI is InChI=1S/C35H44N2O4/c1-34(2,3)28-19-16-26(17-20-28)23-37-24-29(36(6)33(37)39)15-11-12-25-18-21-31(41-35(4,5)32(38)40-7)30(22-25)27-13-9-8-10-14-27/h8-10,13-14,16-22,29H,11-12,15,23-24H2,1-7H3. The highest BCUT2D eigenvalue weighted by Crippen LogP contribution is 2.34. The lowest BCUT2D eigenvalue weighted by molar-refractivity contribution is -0.156. The van der Waals surface area contributed by atoms with Gasteiger partial charge in [-0.1, -0.05) is 81.4 Å². The Labute approximate surface area is 245 Å². The molecule has 4 rings (SSSR count). The van der Waals surface area contributed by atoms with Crippen molar-refractivity contribution >= 4 is 12.0 Å². The molecule has 2 amide bonds. The maximum atomic E-state index is 13.0. The molecule has 1 aliphatic rings. The number of nitrogens with zero attached hydrogens (tertiary/aromatic N) is 2. The lowest BCUT2D eigenvalue weighted by atomic mass is 9.87. The zero-order chi connectivity index (χ0) is 29.8. The van der Waals surface area contributed by atoms with Gasteiger partial charge < -0.3 is 19.3 Å². The van der Waals surface area contributed by atoms with E-state index in [2.05, 4.69) is 57.2 Å². The highest BCUT2D eigenvalue weighted by atomic mass is 16.6. The van der Waals surface area contributed by atoms with Gasteiger partial charge in [0.05, 0.1) is 13.2 Å². The van der Waals surface area contributed by atoms with Crippen LogP contribution >= 0.6 is 0 Å². The van der Waals surface area contributed by atoms with E-state index in [4.69, 9.17) is 9.47 Å². The van der Waals surface area contributed by atoms with E-state index >= 15 is 0 Å². The van der Waals surface area contributed by atoms with E-state index in [0.29, 0.717) is 12.3 Å². The summed E-state index contributed by atoms with van der Waals surface area (Å²) in [5.74, 6) is 0.217. The maximum Gasteiger partial charge on any atom is 0.349 e. The average molecular weight is 557 g/mol. The molecule has 0 N–H and O–H groups in total. The predicted molar refractivity (Wildman–Crippen MR) is 164 cm³/mol. The lowest BCUT2D eigenvalue weighted by Crippen LogP contribution is -2.39. The van der Waals surface area contributed by atoms with Gasteiger partial charge in [-0.25, -0.2) is 9.59 Å². The summed E-state index contributed by atoms with van der Waals surface area (Å²) in [6.45, 7) is 11.4. The van der Waals surface area contributed by atoms with Gasteiger partial charge in [-0.2, -0.15) is 0 Å². The van der Waals surface area contributed by atoms with Crippen molar-refractivity contribution in [1.29, 1.82) is 0 Å². The van der Waals surface area contributed by atoms with E-state index in [1.54, 1.807) is 13.8 Å². The Kier molecular flexibility index (Phi) is 9.11. The van der Waals surface area contributed by atoms with Gasteiger partial charge in [0.25, 0.3) is 0 Å². The maximum absolute atomic E-state index is 13.0. The highest BCUT2D eigenvalue weighted by molar-refractivity contribution is 5.80. The number of carbonyl (C=O) groups is 2. The molecule has 0 radical (unpaired) electrons. The molecule has 0 aromatic heterocycles. The van der Waals surface area contributed by atoms with E-state index in [1.165, 1.54) is 18.2 Å². The third-order valence-electron chi connectivity index (χ3n) is 7.92. The van der Waals surface area contributed by atoms with Crippen molar-refractivity contribution in [2.45, 2.75) is 77.5 Å². The van der Waals surface area contributed by atoms with Crippen LogP contribution in [-0.2, 0) is 27.9 Å². The van der Waals surface area contributed by atoms with E-state index < -0.39 is 11.6 Å². The molecule has 6 heteroatoms. The van der Waals surface area contributed by atoms with Gasteiger partial charge in [0, 0.05) is 25.7 Å². The van der Waals surface area contributed by atoms with Gasteiger partial charge in [0.2, 0.25) is 0 Å². The molecule has 1 unspecified atom stereocenters. The summed E-state index contributed by atoms with van der Waals surface area (Å²) in [5, 5.41) is 0. The van der Waals surface area contributed by atoms with Crippen molar-refractivity contribution in [3.63, 3.8) is 0 Å². The van der Waals surface area contributed by atoms with E-state index in [9.17, 15) is 9.59 Å². The minimum absolute atomic E-state index is 0.0935. The summed E-state index contributed by atoms with van der Waals surface area (Å²) in [6, 6.07) is 25.1. The zero-order valence-electron chi connectivity index (χ0n) is 25.6. The second-order valence-corrected chi connectivity index (χ2v) is 12.6. The van der Waals surface area contributed by atoms with E-state index in [0.717, 1.165) is 42.5 Å². The largest absolute Gasteiger partial charge is 0.476 e. The molecule has 1 fully saturated rings. The Morgan fingerprint density at radius 2 is 1.59 bits per heavy atom. The van der Waals surface area contributed by atoms with Gasteiger partial charge in [-0.15, -0.1) is 0 Å². The molecule has 0 bridgehead atoms. The van der Waals surface area contributed by atoms with Gasteiger partial charge >= 0.3 is 12.0 Å². The number of methoxy groups -OCH3 is 1. The third kappa shape index (κ3) is 7.29. The third-order valence-corrected chi connectivity index (χ3v) is 7.92. The molecule has 1 saturated heterocycles. The lowest BCUT2D eigenvalue weighted by Gasteiger charge is -2.25. The molecule has 6 nitrogen and oxygen atoms in total. The number of esters is 1. The van der Waals surface area contributed by atoms with Gasteiger partial charge in [0.15, 0.2) is 5.60 Å². The highest BCUT2D eigenvalue weighted by Gasteiger charge is 2.34. The number of hydrogen-bond acceptors (Lipinski definition) is 4. The summed E-state index contributed by atoms with van der Waals surface area (Å²) in [6.07, 6.45) is 2.77. The second-order valence-electron chi connectivity index (χ2n) is 12.6. The van der Waals surface area contributed by atoms with Crippen LogP contribution in [0.4, 0.5) is 4.79 Å². The van der Waals surface area contributed by atoms with Crippen molar-refractivity contribution < 1.29 is 19.1 Å². The summed E-state index contributed by atoms with van der Waals surface area (Å²) < 4.78 is 11.1. The molecule has 3 aromatic carbocycles. The van der Waals surface area contributed by atoms with Crippen LogP contribution in [0.5, 0.6) is 5.75 Å². The van der Waals surface area contributed by atoms with Crippen molar-refractivity contribution in [1.82, 2.24) is 9.80 Å². The predicted octanol–water partition coefficient (Wildman–Crippen LogP) is 7.24. The number of amides is 2. The molecule has 0 aliphatic carbocycles. The first-order chi connectivity index (χ1) is 19.4. The van der Waals surface area contributed by atoms with Crippen LogP contribution < -0.4 is 4.74 Å². The smallest absolute Gasteiger partial charge is 0.349 e. The van der Waals surface area contributed by atoms with E-state index in [-0.39, 0.29) is 17.5 Å². The summed E-state index contributed by atoms with van der Waals surface area (Å²) in [5.41, 5.74) is 4.61. The average Bonchev–Trinajstić information content (AvgIpc) is 3.21. The summed E-state index contributed by atoms with van der Waals surface area (Å²) in [7, 11) is 3.28. The Bertz CT molecular complexity index is 1340. The minimum atomic E-state index is -1.11. The number of benzene rings is 3. The van der Waals surface area contributed by atoms with E-state index in [1.807, 2.05) is 53.2 Å². The summed E-state index contributed by atoms with van der Waals surface area (Å²) in [4.78, 5) is 29.1. The van der Waals surface area contributed by atoms with Crippen molar-refractivity contribution in [2.24, 2.45) is 0 Å². The number of ether oxygens (including phenoxy) is 2. The number of likely N-dealkylation sites (N-methyl/N-ethyl adjacent to an activating group) is 1. The molecule has 218 valence electrons. The number of hydrogen-bond donors (Lipinski definition) is 0. The quantitative estimate of drug-likeness (QED) is 0.247.